The van der Waals surface area contributed by atoms with Crippen LogP contribution in [0.3, 0.4) is 0 Å². The van der Waals surface area contributed by atoms with Gasteiger partial charge in [-0.2, -0.15) is 0 Å². The third-order valence-electron chi connectivity index (χ3n) is 5.60. The van der Waals surface area contributed by atoms with Crippen molar-refractivity contribution in [1.29, 1.82) is 0 Å². The third kappa shape index (κ3) is 3.05. The van der Waals surface area contributed by atoms with Crippen LogP contribution in [0.2, 0.25) is 0 Å². The van der Waals surface area contributed by atoms with Gasteiger partial charge in [0.25, 0.3) is 5.91 Å². The number of nitrogens with one attached hydrogen (secondary N) is 4. The van der Waals surface area contributed by atoms with Gasteiger partial charge in [-0.3, -0.25) is 4.79 Å². The van der Waals surface area contributed by atoms with Crippen LogP contribution in [0.4, 0.5) is 17.3 Å². The van der Waals surface area contributed by atoms with Gasteiger partial charge < -0.3 is 26.7 Å². The summed E-state index contributed by atoms with van der Waals surface area (Å²) in [6.07, 6.45) is 6.08. The maximum Gasteiger partial charge on any atom is 0.255 e. The molecule has 2 atom stereocenters. The highest BCUT2D eigenvalue weighted by atomic mass is 16.1. The number of fused-ring (bicyclic) bond motifs is 2. The van der Waals surface area contributed by atoms with E-state index >= 15 is 0 Å². The molecular formula is C20H23N7O. The lowest BCUT2D eigenvalue weighted by molar-refractivity contribution is 0.0966. The van der Waals surface area contributed by atoms with Gasteiger partial charge in [0, 0.05) is 24.3 Å². The lowest BCUT2D eigenvalue weighted by Gasteiger charge is -2.30. The van der Waals surface area contributed by atoms with E-state index in [1.54, 1.807) is 6.33 Å². The first-order valence-corrected chi connectivity index (χ1v) is 9.72. The fourth-order valence-electron chi connectivity index (χ4n) is 4.10. The highest BCUT2D eigenvalue weighted by Gasteiger charge is 2.27. The molecule has 1 aromatic carbocycles. The summed E-state index contributed by atoms with van der Waals surface area (Å²) in [5.41, 5.74) is 10.5. The molecule has 144 valence electrons. The van der Waals surface area contributed by atoms with Gasteiger partial charge in [0.15, 0.2) is 0 Å². The Hall–Kier alpha value is -3.13. The van der Waals surface area contributed by atoms with E-state index in [1.165, 1.54) is 12.8 Å². The van der Waals surface area contributed by atoms with Gasteiger partial charge in [0.05, 0.1) is 22.9 Å². The minimum Gasteiger partial charge on any atom is -0.366 e. The minimum absolute atomic E-state index is 0.103. The SMILES string of the molecule is N[C@H]1CCCC[C@H]1Nc1cc2c(c(Nc3ccc4nc[nH]c4c3)n1)C(=O)NC2. The number of aromatic amines is 1. The summed E-state index contributed by atoms with van der Waals surface area (Å²) < 4.78 is 0. The normalized spacial score (nSPS) is 21.4. The number of anilines is 3. The van der Waals surface area contributed by atoms with Crippen molar-refractivity contribution in [3.63, 3.8) is 0 Å². The molecule has 0 unspecified atom stereocenters. The standard InChI is InChI=1S/C20H23N7O/c21-13-3-1-2-4-14(13)26-17-7-11-9-22-20(28)18(11)19(27-17)25-12-5-6-15-16(8-12)24-10-23-15/h5-8,10,13-14H,1-4,9,21H2,(H,22,28)(H,23,24)(H2,25,26,27)/t13-,14+/m0/s1. The number of H-pyrrole nitrogens is 1. The molecule has 3 aromatic rings. The van der Waals surface area contributed by atoms with E-state index in [2.05, 4.69) is 25.9 Å². The maximum absolute atomic E-state index is 12.4. The van der Waals surface area contributed by atoms with Crippen LogP contribution in [-0.4, -0.2) is 32.9 Å². The summed E-state index contributed by atoms with van der Waals surface area (Å²) in [7, 11) is 0. The topological polar surface area (TPSA) is 121 Å². The van der Waals surface area contributed by atoms with Gasteiger partial charge >= 0.3 is 0 Å². The zero-order valence-electron chi connectivity index (χ0n) is 15.5. The van der Waals surface area contributed by atoms with Gasteiger partial charge in [-0.05, 0) is 42.7 Å². The Labute approximate surface area is 162 Å². The number of imidazole rings is 1. The Morgan fingerprint density at radius 2 is 2.07 bits per heavy atom. The Kier molecular flexibility index (Phi) is 4.12. The van der Waals surface area contributed by atoms with E-state index in [-0.39, 0.29) is 18.0 Å². The predicted molar refractivity (Wildman–Crippen MR) is 109 cm³/mol. The molecule has 0 saturated heterocycles. The van der Waals surface area contributed by atoms with Crippen molar-refractivity contribution in [2.45, 2.75) is 44.3 Å². The fourth-order valence-corrected chi connectivity index (χ4v) is 4.10. The molecule has 6 N–H and O–H groups in total. The summed E-state index contributed by atoms with van der Waals surface area (Å²) in [4.78, 5) is 24.4. The lowest BCUT2D eigenvalue weighted by Crippen LogP contribution is -2.42. The summed E-state index contributed by atoms with van der Waals surface area (Å²) >= 11 is 0. The van der Waals surface area contributed by atoms with Crippen LogP contribution >= 0.6 is 0 Å². The first-order chi connectivity index (χ1) is 13.7. The van der Waals surface area contributed by atoms with Crippen LogP contribution in [-0.2, 0) is 6.54 Å². The molecule has 3 heterocycles. The summed E-state index contributed by atoms with van der Waals surface area (Å²) in [5, 5.41) is 9.70. The van der Waals surface area contributed by atoms with E-state index in [1.807, 2.05) is 24.3 Å². The molecular weight excluding hydrogens is 354 g/mol. The van der Waals surface area contributed by atoms with Crippen LogP contribution in [0.15, 0.2) is 30.6 Å². The van der Waals surface area contributed by atoms with Gasteiger partial charge in [0.1, 0.15) is 11.6 Å². The number of nitrogens with two attached hydrogens (primary N) is 1. The smallest absolute Gasteiger partial charge is 0.255 e. The number of carbonyl (C=O) groups is 1. The van der Waals surface area contributed by atoms with Gasteiger partial charge in [-0.25, -0.2) is 9.97 Å². The molecule has 8 heteroatoms. The molecule has 1 aliphatic heterocycles. The van der Waals surface area contributed by atoms with E-state index < -0.39 is 0 Å². The zero-order valence-corrected chi connectivity index (χ0v) is 15.5. The van der Waals surface area contributed by atoms with Crippen LogP contribution in [0.5, 0.6) is 0 Å². The Balaban J connectivity index is 1.48. The highest BCUT2D eigenvalue weighted by molar-refractivity contribution is 6.03. The van der Waals surface area contributed by atoms with Crippen molar-refractivity contribution in [3.05, 3.63) is 41.7 Å². The molecule has 1 saturated carbocycles. The number of aromatic nitrogens is 3. The summed E-state index contributed by atoms with van der Waals surface area (Å²) in [6.45, 7) is 0.510. The quantitative estimate of drug-likeness (QED) is 0.477. The average molecular weight is 377 g/mol. The van der Waals surface area contributed by atoms with Gasteiger partial charge in [-0.15, -0.1) is 0 Å². The molecule has 5 rings (SSSR count). The molecule has 2 aromatic heterocycles. The van der Waals surface area contributed by atoms with E-state index in [9.17, 15) is 4.79 Å². The molecule has 8 nitrogen and oxygen atoms in total. The Morgan fingerprint density at radius 3 is 2.96 bits per heavy atom. The predicted octanol–water partition coefficient (Wildman–Crippen LogP) is 2.63. The first-order valence-electron chi connectivity index (χ1n) is 9.72. The van der Waals surface area contributed by atoms with Crippen LogP contribution in [0, 0.1) is 0 Å². The van der Waals surface area contributed by atoms with Crippen molar-refractivity contribution in [2.24, 2.45) is 5.73 Å². The lowest BCUT2D eigenvalue weighted by atomic mass is 9.91. The number of carbonyl (C=O) groups excluding carboxylic acids is 1. The molecule has 0 spiro atoms. The van der Waals surface area contributed by atoms with Crippen LogP contribution in [0.25, 0.3) is 11.0 Å². The van der Waals surface area contributed by atoms with Crippen molar-refractivity contribution in [1.82, 2.24) is 20.3 Å². The van der Waals surface area contributed by atoms with Crippen LogP contribution < -0.4 is 21.7 Å². The largest absolute Gasteiger partial charge is 0.366 e. The number of benzene rings is 1. The van der Waals surface area contributed by atoms with Crippen LogP contribution in [0.1, 0.15) is 41.6 Å². The highest BCUT2D eigenvalue weighted by Crippen LogP contribution is 2.30. The number of rotatable bonds is 4. The molecule has 28 heavy (non-hydrogen) atoms. The number of hydrogen-bond donors (Lipinski definition) is 5. The van der Waals surface area contributed by atoms with E-state index in [0.717, 1.165) is 40.9 Å². The third-order valence-corrected chi connectivity index (χ3v) is 5.60. The van der Waals surface area contributed by atoms with Crippen molar-refractivity contribution < 1.29 is 4.79 Å². The van der Waals surface area contributed by atoms with Gasteiger partial charge in [0.2, 0.25) is 0 Å². The first kappa shape index (κ1) is 17.0. The number of nitrogens with zero attached hydrogens (tertiary/aromatic N) is 2. The van der Waals surface area contributed by atoms with Crippen molar-refractivity contribution in [2.75, 3.05) is 10.6 Å². The molecule has 1 fully saturated rings. The summed E-state index contributed by atoms with van der Waals surface area (Å²) in [5.74, 6) is 1.20. The zero-order chi connectivity index (χ0) is 19.1. The molecule has 1 amide bonds. The average Bonchev–Trinajstić information content (AvgIpc) is 3.30. The number of pyridine rings is 1. The van der Waals surface area contributed by atoms with E-state index in [0.29, 0.717) is 17.9 Å². The molecule has 1 aliphatic carbocycles. The Bertz CT molecular complexity index is 1040. The van der Waals surface area contributed by atoms with Crippen molar-refractivity contribution >= 4 is 34.3 Å². The monoisotopic (exact) mass is 377 g/mol. The summed E-state index contributed by atoms with van der Waals surface area (Å²) in [6, 6.07) is 8.11. The van der Waals surface area contributed by atoms with Gasteiger partial charge in [-0.1, -0.05) is 12.8 Å². The number of amides is 1. The maximum atomic E-state index is 12.4. The molecule has 0 bridgehead atoms. The number of hydrogen-bond acceptors (Lipinski definition) is 6. The Morgan fingerprint density at radius 1 is 1.18 bits per heavy atom. The second-order valence-corrected chi connectivity index (χ2v) is 7.53. The molecule has 0 radical (unpaired) electrons. The minimum atomic E-state index is -0.103. The second-order valence-electron chi connectivity index (χ2n) is 7.53. The second kappa shape index (κ2) is 6.79. The molecule has 2 aliphatic rings. The van der Waals surface area contributed by atoms with E-state index in [4.69, 9.17) is 10.7 Å². The van der Waals surface area contributed by atoms with Crippen molar-refractivity contribution in [3.8, 4) is 0 Å². The fraction of sp³-hybridized carbons (Fsp3) is 0.350.